The summed E-state index contributed by atoms with van der Waals surface area (Å²) >= 11 is 0. The van der Waals surface area contributed by atoms with Crippen molar-refractivity contribution in [1.82, 2.24) is 0 Å². The molecule has 0 aromatic carbocycles. The summed E-state index contributed by atoms with van der Waals surface area (Å²) in [4.78, 5) is 41.8. The third-order valence-electron chi connectivity index (χ3n) is 2.95. The Labute approximate surface area is 98.6 Å². The van der Waals surface area contributed by atoms with E-state index in [1.807, 2.05) is 0 Å². The monoisotopic (exact) mass is 235 g/mol. The van der Waals surface area contributed by atoms with Crippen molar-refractivity contribution in [3.63, 3.8) is 0 Å². The molecule has 1 aliphatic rings. The summed E-state index contributed by atoms with van der Waals surface area (Å²) in [6, 6.07) is -0.744. The standard InChI is InChI=1S/C11H13N3O3/c15-6-12-9-2-1-3-10(13-7-16)11(5-4-9)14-8-17/h9-11H,1-5H2. The van der Waals surface area contributed by atoms with E-state index in [4.69, 9.17) is 0 Å². The van der Waals surface area contributed by atoms with Gasteiger partial charge in [0.2, 0.25) is 18.2 Å². The number of hydrogen-bond donors (Lipinski definition) is 0. The van der Waals surface area contributed by atoms with Crippen molar-refractivity contribution in [2.24, 2.45) is 15.0 Å². The molecular formula is C11H13N3O3. The van der Waals surface area contributed by atoms with Crippen LogP contribution in [0.5, 0.6) is 0 Å². The van der Waals surface area contributed by atoms with Crippen LogP contribution >= 0.6 is 0 Å². The summed E-state index contributed by atoms with van der Waals surface area (Å²) in [5.74, 6) is 0. The van der Waals surface area contributed by atoms with Crippen molar-refractivity contribution in [3.8, 4) is 0 Å². The molecule has 17 heavy (non-hydrogen) atoms. The summed E-state index contributed by atoms with van der Waals surface area (Å²) in [5.41, 5.74) is 0. The number of carbonyl (C=O) groups excluding carboxylic acids is 3. The first kappa shape index (κ1) is 13.2. The first-order valence-corrected chi connectivity index (χ1v) is 5.52. The summed E-state index contributed by atoms with van der Waals surface area (Å²) in [7, 11) is 0. The van der Waals surface area contributed by atoms with Gasteiger partial charge in [-0.1, -0.05) is 0 Å². The molecule has 0 aliphatic heterocycles. The molecule has 3 unspecified atom stereocenters. The maximum Gasteiger partial charge on any atom is 0.235 e. The molecular weight excluding hydrogens is 222 g/mol. The highest BCUT2D eigenvalue weighted by atomic mass is 16.1. The minimum atomic E-state index is -0.362. The van der Waals surface area contributed by atoms with Gasteiger partial charge in [-0.3, -0.25) is 0 Å². The first-order chi connectivity index (χ1) is 8.31. The zero-order chi connectivity index (χ0) is 12.5. The fourth-order valence-corrected chi connectivity index (χ4v) is 2.10. The van der Waals surface area contributed by atoms with Crippen LogP contribution in [0.3, 0.4) is 0 Å². The minimum absolute atomic E-state index is 0.0713. The molecule has 0 spiro atoms. The number of aliphatic imine (C=N–C) groups is 3. The van der Waals surface area contributed by atoms with Gasteiger partial charge in [0.05, 0.1) is 18.1 Å². The van der Waals surface area contributed by atoms with Crippen molar-refractivity contribution >= 4 is 18.2 Å². The second-order valence-corrected chi connectivity index (χ2v) is 3.96. The van der Waals surface area contributed by atoms with E-state index >= 15 is 0 Å². The lowest BCUT2D eigenvalue weighted by Crippen LogP contribution is -2.27. The van der Waals surface area contributed by atoms with Crippen LogP contribution in [0.15, 0.2) is 15.0 Å². The molecule has 0 aromatic heterocycles. The molecule has 0 saturated heterocycles. The molecule has 0 radical (unpaired) electrons. The van der Waals surface area contributed by atoms with Crippen LogP contribution in [0.25, 0.3) is 0 Å². The molecule has 1 aliphatic carbocycles. The van der Waals surface area contributed by atoms with Gasteiger partial charge in [-0.2, -0.15) is 0 Å². The predicted octanol–water partition coefficient (Wildman–Crippen LogP) is 1.06. The quantitative estimate of drug-likeness (QED) is 0.541. The van der Waals surface area contributed by atoms with Crippen LogP contribution in [0.1, 0.15) is 32.1 Å². The largest absolute Gasteiger partial charge is 0.235 e. The van der Waals surface area contributed by atoms with E-state index < -0.39 is 0 Å². The van der Waals surface area contributed by atoms with E-state index in [2.05, 4.69) is 15.0 Å². The molecule has 6 heteroatoms. The topological polar surface area (TPSA) is 88.3 Å². The van der Waals surface area contributed by atoms with E-state index in [1.54, 1.807) is 6.08 Å². The average Bonchev–Trinajstić information content (AvgIpc) is 2.31. The van der Waals surface area contributed by atoms with Gasteiger partial charge in [0, 0.05) is 0 Å². The van der Waals surface area contributed by atoms with Crippen LogP contribution in [0, 0.1) is 0 Å². The maximum absolute atomic E-state index is 10.3. The lowest BCUT2D eigenvalue weighted by atomic mass is 9.90. The zero-order valence-corrected chi connectivity index (χ0v) is 9.33. The summed E-state index contributed by atoms with van der Waals surface area (Å²) in [6.07, 6.45) is 7.92. The highest BCUT2D eigenvalue weighted by molar-refractivity contribution is 5.36. The number of nitrogens with zero attached hydrogens (tertiary/aromatic N) is 3. The fourth-order valence-electron chi connectivity index (χ4n) is 2.10. The Morgan fingerprint density at radius 2 is 1.29 bits per heavy atom. The number of isocyanates is 3. The summed E-state index contributed by atoms with van der Waals surface area (Å²) in [6.45, 7) is 0. The van der Waals surface area contributed by atoms with Crippen molar-refractivity contribution < 1.29 is 14.4 Å². The zero-order valence-electron chi connectivity index (χ0n) is 9.33. The third-order valence-corrected chi connectivity index (χ3v) is 2.95. The van der Waals surface area contributed by atoms with E-state index in [9.17, 15) is 14.4 Å². The first-order valence-electron chi connectivity index (χ1n) is 5.52. The van der Waals surface area contributed by atoms with Gasteiger partial charge in [0.25, 0.3) is 0 Å². The third kappa shape index (κ3) is 4.25. The van der Waals surface area contributed by atoms with Crippen LogP contribution in [0.4, 0.5) is 0 Å². The Morgan fingerprint density at radius 3 is 1.88 bits per heavy atom. The molecule has 1 saturated carbocycles. The van der Waals surface area contributed by atoms with Crippen LogP contribution < -0.4 is 0 Å². The Bertz CT molecular complexity index is 391. The molecule has 1 rings (SSSR count). The summed E-state index contributed by atoms with van der Waals surface area (Å²) < 4.78 is 0. The normalized spacial score (nSPS) is 28.6. The molecule has 90 valence electrons. The van der Waals surface area contributed by atoms with Crippen molar-refractivity contribution in [3.05, 3.63) is 0 Å². The smallest absolute Gasteiger partial charge is 0.211 e. The summed E-state index contributed by atoms with van der Waals surface area (Å²) in [5, 5.41) is 0. The average molecular weight is 235 g/mol. The fraction of sp³-hybridized carbons (Fsp3) is 0.727. The number of rotatable bonds is 3. The molecule has 0 bridgehead atoms. The molecule has 1 fully saturated rings. The van der Waals surface area contributed by atoms with Crippen molar-refractivity contribution in [1.29, 1.82) is 0 Å². The van der Waals surface area contributed by atoms with Gasteiger partial charge in [-0.15, -0.1) is 0 Å². The maximum atomic E-state index is 10.3. The second-order valence-electron chi connectivity index (χ2n) is 3.96. The van der Waals surface area contributed by atoms with Gasteiger partial charge >= 0.3 is 0 Å². The SMILES string of the molecule is O=C=NC1CCCC(N=C=O)C(N=C=O)CC1. The van der Waals surface area contributed by atoms with Gasteiger partial charge in [0.15, 0.2) is 0 Å². The molecule has 0 heterocycles. The van der Waals surface area contributed by atoms with Crippen LogP contribution in [0.2, 0.25) is 0 Å². The van der Waals surface area contributed by atoms with Crippen LogP contribution in [-0.4, -0.2) is 36.4 Å². The second kappa shape index (κ2) is 7.42. The highest BCUT2D eigenvalue weighted by Crippen LogP contribution is 2.23. The Hall–Kier alpha value is -1.86. The van der Waals surface area contributed by atoms with E-state index in [0.717, 1.165) is 12.8 Å². The molecule has 0 amide bonds. The lowest BCUT2D eigenvalue weighted by molar-refractivity contribution is 0.377. The predicted molar refractivity (Wildman–Crippen MR) is 58.8 cm³/mol. The van der Waals surface area contributed by atoms with Gasteiger partial charge in [-0.25, -0.2) is 29.4 Å². The van der Waals surface area contributed by atoms with Crippen LogP contribution in [-0.2, 0) is 14.4 Å². The molecule has 6 nitrogen and oxygen atoms in total. The Morgan fingerprint density at radius 1 is 0.706 bits per heavy atom. The van der Waals surface area contributed by atoms with Gasteiger partial charge < -0.3 is 0 Å². The van der Waals surface area contributed by atoms with E-state index in [-0.39, 0.29) is 18.1 Å². The molecule has 0 aromatic rings. The van der Waals surface area contributed by atoms with Gasteiger partial charge in [0.1, 0.15) is 0 Å². The van der Waals surface area contributed by atoms with Crippen molar-refractivity contribution in [2.75, 3.05) is 0 Å². The molecule has 0 N–H and O–H groups in total. The Balaban J connectivity index is 2.76. The van der Waals surface area contributed by atoms with Crippen molar-refractivity contribution in [2.45, 2.75) is 50.2 Å². The van der Waals surface area contributed by atoms with E-state index in [0.29, 0.717) is 19.3 Å². The van der Waals surface area contributed by atoms with E-state index in [1.165, 1.54) is 12.2 Å². The minimum Gasteiger partial charge on any atom is -0.211 e. The Kier molecular flexibility index (Phi) is 5.76. The molecule has 3 atom stereocenters. The van der Waals surface area contributed by atoms with Gasteiger partial charge in [-0.05, 0) is 32.1 Å². The lowest BCUT2D eigenvalue weighted by Gasteiger charge is -2.23. The number of hydrogen-bond acceptors (Lipinski definition) is 6. The highest BCUT2D eigenvalue weighted by Gasteiger charge is 2.25.